The fourth-order valence-electron chi connectivity index (χ4n) is 7.25. The van der Waals surface area contributed by atoms with Crippen LogP contribution in [0.25, 0.3) is 10.8 Å². The van der Waals surface area contributed by atoms with Crippen molar-refractivity contribution in [2.75, 3.05) is 40.1 Å². The van der Waals surface area contributed by atoms with Crippen LogP contribution >= 0.6 is 0 Å². The molecule has 1 aliphatic carbocycles. The van der Waals surface area contributed by atoms with E-state index in [0.717, 1.165) is 5.56 Å². The van der Waals surface area contributed by atoms with Crippen LogP contribution in [0, 0.1) is 12.8 Å². The van der Waals surface area contributed by atoms with E-state index in [-0.39, 0.29) is 36.9 Å². The van der Waals surface area contributed by atoms with E-state index in [1.54, 1.807) is 7.11 Å². The number of carbonyl (C=O) groups is 1. The average Bonchev–Trinajstić information content (AvgIpc) is 3.57. The summed E-state index contributed by atoms with van der Waals surface area (Å²) in [5.41, 5.74) is 6.90. The van der Waals surface area contributed by atoms with Gasteiger partial charge in [0.1, 0.15) is 23.4 Å². The molecule has 4 aliphatic heterocycles. The van der Waals surface area contributed by atoms with E-state index in [1.165, 1.54) is 0 Å². The first-order chi connectivity index (χ1) is 18.3. The van der Waals surface area contributed by atoms with E-state index in [2.05, 4.69) is 0 Å². The highest BCUT2D eigenvalue weighted by atomic mass is 16.9. The maximum atomic E-state index is 13.0. The molecule has 0 radical (unpaired) electrons. The molecule has 0 saturated carbocycles. The Morgan fingerprint density at radius 3 is 2.66 bits per heavy atom. The molecule has 5 N–H and O–H groups in total. The minimum absolute atomic E-state index is 0.110. The predicted molar refractivity (Wildman–Crippen MR) is 130 cm³/mol. The van der Waals surface area contributed by atoms with E-state index in [9.17, 15) is 20.1 Å². The topological polar surface area (TPSA) is 162 Å². The third kappa shape index (κ3) is 2.61. The number of aryl methyl sites for hydroxylation is 1. The van der Waals surface area contributed by atoms with Crippen molar-refractivity contribution in [2.45, 2.75) is 55.6 Å². The molecule has 5 aliphatic rings. The predicted octanol–water partition coefficient (Wildman–Crippen LogP) is 0.982. The minimum Gasteiger partial charge on any atom is -0.506 e. The Kier molecular flexibility index (Phi) is 5.17. The zero-order valence-corrected chi connectivity index (χ0v) is 21.2. The molecule has 7 rings (SSSR count). The zero-order valence-electron chi connectivity index (χ0n) is 21.2. The number of ether oxygens (including phenoxy) is 6. The lowest BCUT2D eigenvalue weighted by Crippen LogP contribution is -2.69. The van der Waals surface area contributed by atoms with Gasteiger partial charge >= 0.3 is 0 Å². The molecule has 38 heavy (non-hydrogen) atoms. The van der Waals surface area contributed by atoms with Crippen LogP contribution < -0.4 is 15.2 Å². The van der Waals surface area contributed by atoms with Gasteiger partial charge in [-0.25, -0.2) is 0 Å². The van der Waals surface area contributed by atoms with Crippen LogP contribution in [-0.4, -0.2) is 84.5 Å². The van der Waals surface area contributed by atoms with Gasteiger partial charge < -0.3 is 49.5 Å². The number of ketones is 1. The Bertz CT molecular complexity index is 1370. The summed E-state index contributed by atoms with van der Waals surface area (Å²) in [5, 5.41) is 32.8. The molecule has 1 spiro atoms. The number of epoxide rings is 1. The van der Waals surface area contributed by atoms with Gasteiger partial charge in [0.05, 0.1) is 50.4 Å². The van der Waals surface area contributed by atoms with Gasteiger partial charge in [0.25, 0.3) is 5.79 Å². The summed E-state index contributed by atoms with van der Waals surface area (Å²) in [4.78, 5) is 13.0. The van der Waals surface area contributed by atoms with E-state index < -0.39 is 48.5 Å². The van der Waals surface area contributed by atoms with Crippen molar-refractivity contribution in [3.63, 3.8) is 0 Å². The van der Waals surface area contributed by atoms with E-state index >= 15 is 0 Å². The first-order valence-corrected chi connectivity index (χ1v) is 13.0. The number of Topliss-reactive ketones (excluding diaryl/α,β-unsaturated/α-hetero) is 1. The second-order valence-electron chi connectivity index (χ2n) is 10.7. The third-order valence-corrected chi connectivity index (χ3v) is 8.90. The Labute approximate surface area is 218 Å². The van der Waals surface area contributed by atoms with Gasteiger partial charge in [0.2, 0.25) is 11.4 Å². The first kappa shape index (κ1) is 24.5. The summed E-state index contributed by atoms with van der Waals surface area (Å²) in [6, 6.07) is 1.89. The molecule has 2 bridgehead atoms. The number of hydrogen-bond donors (Lipinski definition) is 4. The average molecular weight is 530 g/mol. The Morgan fingerprint density at radius 1 is 1.24 bits per heavy atom. The first-order valence-electron chi connectivity index (χ1n) is 13.0. The quantitative estimate of drug-likeness (QED) is 0.378. The number of hydrogen-bond acceptors (Lipinski definition) is 11. The molecule has 11 nitrogen and oxygen atoms in total. The fourth-order valence-corrected chi connectivity index (χ4v) is 7.25. The van der Waals surface area contributed by atoms with Gasteiger partial charge in [0.15, 0.2) is 11.9 Å². The van der Waals surface area contributed by atoms with E-state index in [0.29, 0.717) is 52.7 Å². The van der Waals surface area contributed by atoms with Crippen molar-refractivity contribution in [3.05, 3.63) is 28.3 Å². The van der Waals surface area contributed by atoms with Crippen molar-refractivity contribution in [1.29, 1.82) is 0 Å². The van der Waals surface area contributed by atoms with Crippen molar-refractivity contribution in [3.8, 4) is 17.2 Å². The monoisotopic (exact) mass is 529 g/mol. The van der Waals surface area contributed by atoms with Crippen LogP contribution in [0.5, 0.6) is 17.2 Å². The van der Waals surface area contributed by atoms with Gasteiger partial charge in [0, 0.05) is 29.5 Å². The molecule has 2 aromatic carbocycles. The summed E-state index contributed by atoms with van der Waals surface area (Å²) < 4.78 is 38.0. The smallest absolute Gasteiger partial charge is 0.277 e. The number of nitrogens with two attached hydrogens (primary N) is 1. The third-order valence-electron chi connectivity index (χ3n) is 8.90. The molecular weight excluding hydrogens is 498 g/mol. The molecule has 4 heterocycles. The summed E-state index contributed by atoms with van der Waals surface area (Å²) in [6.07, 6.45) is 0.0900. The summed E-state index contributed by atoms with van der Waals surface area (Å²) in [5.74, 6) is -3.38. The highest BCUT2D eigenvalue weighted by Crippen LogP contribution is 2.72. The lowest BCUT2D eigenvalue weighted by atomic mass is 9.75. The van der Waals surface area contributed by atoms with Crippen LogP contribution in [-0.2, 0) is 25.4 Å². The number of carbonyl (C=O) groups excluding carboxylic acids is 1. The maximum Gasteiger partial charge on any atom is 0.277 e. The van der Waals surface area contributed by atoms with Crippen molar-refractivity contribution in [1.82, 2.24) is 0 Å². The minimum atomic E-state index is -1.54. The van der Waals surface area contributed by atoms with Gasteiger partial charge in [-0.2, -0.15) is 0 Å². The van der Waals surface area contributed by atoms with Crippen LogP contribution in [0.15, 0.2) is 6.07 Å². The molecule has 3 fully saturated rings. The number of aliphatic hydroxyl groups excluding tert-OH is 2. The van der Waals surface area contributed by atoms with Crippen LogP contribution in [0.1, 0.15) is 46.0 Å². The largest absolute Gasteiger partial charge is 0.506 e. The number of fused-ring (bicyclic) bond motifs is 8. The van der Waals surface area contributed by atoms with E-state index in [4.69, 9.17) is 34.2 Å². The molecule has 204 valence electrons. The summed E-state index contributed by atoms with van der Waals surface area (Å²) >= 11 is 0. The van der Waals surface area contributed by atoms with Gasteiger partial charge in [-0.05, 0) is 31.4 Å². The number of methoxy groups -OCH3 is 1. The molecular formula is C27H31NO10. The Morgan fingerprint density at radius 2 is 2.00 bits per heavy atom. The number of phenolic OH excluding ortho intramolecular Hbond substituents is 1. The number of rotatable bonds is 7. The Balaban J connectivity index is 1.53. The zero-order chi connectivity index (χ0) is 26.6. The molecule has 11 heteroatoms. The second kappa shape index (κ2) is 8.01. The van der Waals surface area contributed by atoms with Crippen LogP contribution in [0.4, 0.5) is 0 Å². The lowest BCUT2D eigenvalue weighted by Gasteiger charge is -2.50. The molecule has 0 amide bonds. The summed E-state index contributed by atoms with van der Waals surface area (Å²) in [7, 11) is 1.55. The Hall–Kier alpha value is -2.51. The number of aromatic hydroxyl groups is 1. The van der Waals surface area contributed by atoms with Gasteiger partial charge in [-0.15, -0.1) is 0 Å². The summed E-state index contributed by atoms with van der Waals surface area (Å²) in [6.45, 7) is 1.52. The molecule has 0 aromatic heterocycles. The van der Waals surface area contributed by atoms with E-state index in [1.807, 2.05) is 13.0 Å². The molecule has 3 saturated heterocycles. The van der Waals surface area contributed by atoms with Gasteiger partial charge in [-0.1, -0.05) is 0 Å². The standard InChI is InChI=1S/C27H31NO10/c1-12-8-15-19(20(32)18-14(21(15)33-2)4-3-5-16(18)31)22-17(12)23-24-27(36-22,34-7-6-28)25(11-35-25)26(37-23,38-24)13(9-29)10-30/h8,13,23-24,29-30,32H,3-7,9-11,28H2,1-2H3/t23?,24?,25-,26?,27-/m1/s1. The van der Waals surface area contributed by atoms with Crippen molar-refractivity contribution >= 4 is 16.6 Å². The SMILES string of the molecule is COc1c2c(c(O)c3c4c(c(C)cc13)C1OC3(C(CO)CO)OC1[C@@](OCCN)(O4)[C@@]31CO1)C(=O)CCC2. The normalized spacial score (nSPS) is 34.1. The van der Waals surface area contributed by atoms with Crippen LogP contribution in [0.2, 0.25) is 0 Å². The van der Waals surface area contributed by atoms with Crippen molar-refractivity contribution in [2.24, 2.45) is 11.7 Å². The highest BCUT2D eigenvalue weighted by Gasteiger charge is 2.92. The number of aliphatic hydroxyl groups is 2. The van der Waals surface area contributed by atoms with Gasteiger partial charge in [-0.3, -0.25) is 4.79 Å². The molecule has 5 atom stereocenters. The maximum absolute atomic E-state index is 13.0. The molecule has 2 aromatic rings. The highest BCUT2D eigenvalue weighted by molar-refractivity contribution is 6.11. The number of phenols is 1. The van der Waals surface area contributed by atoms with Crippen molar-refractivity contribution < 1.29 is 48.5 Å². The lowest BCUT2D eigenvalue weighted by molar-refractivity contribution is -0.310. The van der Waals surface area contributed by atoms with Crippen LogP contribution in [0.3, 0.4) is 0 Å². The second-order valence-corrected chi connectivity index (χ2v) is 10.7. The number of benzene rings is 2. The fraction of sp³-hybridized carbons (Fsp3) is 0.593. The molecule has 3 unspecified atom stereocenters.